The van der Waals surface area contributed by atoms with Crippen LogP contribution in [0.15, 0.2) is 43.0 Å². The standard InChI is InChI=1S/C26H36O7/c1-4-9-20-13-14-26(28-3)23(31-20)16-22-25(33-26)24(30-17-19-10-6-5-7-11-19)21(32-22)12-8-15-29-18(2)27/h4-7,10-11,20-25H,1,8-9,12-17H2,2-3H3. The first-order valence-corrected chi connectivity index (χ1v) is 12.0. The molecule has 0 N–H and O–H groups in total. The molecule has 1 aromatic carbocycles. The van der Waals surface area contributed by atoms with Crippen LogP contribution >= 0.6 is 0 Å². The molecule has 0 radical (unpaired) electrons. The second-order valence-corrected chi connectivity index (χ2v) is 9.10. The first-order valence-electron chi connectivity index (χ1n) is 12.0. The SMILES string of the molecule is C=CCC1CCC2(OC)OC3C(CC2O1)OC(CCCOC(C)=O)C3OCc1ccccc1. The maximum absolute atomic E-state index is 11.1. The summed E-state index contributed by atoms with van der Waals surface area (Å²) in [4.78, 5) is 11.1. The van der Waals surface area contributed by atoms with E-state index in [4.69, 9.17) is 28.4 Å². The van der Waals surface area contributed by atoms with E-state index in [1.807, 2.05) is 36.4 Å². The lowest BCUT2D eigenvalue weighted by atomic mass is 9.87. The summed E-state index contributed by atoms with van der Waals surface area (Å²) in [7, 11) is 1.69. The fourth-order valence-corrected chi connectivity index (χ4v) is 5.22. The second-order valence-electron chi connectivity index (χ2n) is 9.10. The van der Waals surface area contributed by atoms with Crippen LogP contribution in [-0.2, 0) is 39.8 Å². The average molecular weight is 461 g/mol. The van der Waals surface area contributed by atoms with Crippen LogP contribution in [0.5, 0.6) is 0 Å². The lowest BCUT2D eigenvalue weighted by Gasteiger charge is -2.51. The second kappa shape index (κ2) is 11.1. The molecule has 3 fully saturated rings. The summed E-state index contributed by atoms with van der Waals surface area (Å²) >= 11 is 0. The van der Waals surface area contributed by atoms with E-state index < -0.39 is 5.79 Å². The van der Waals surface area contributed by atoms with Gasteiger partial charge in [0.2, 0.25) is 0 Å². The molecule has 0 amide bonds. The smallest absolute Gasteiger partial charge is 0.302 e. The van der Waals surface area contributed by atoms with Crippen molar-refractivity contribution in [2.45, 2.75) is 94.5 Å². The molecular formula is C26H36O7. The van der Waals surface area contributed by atoms with Crippen LogP contribution in [0.25, 0.3) is 0 Å². The largest absolute Gasteiger partial charge is 0.466 e. The van der Waals surface area contributed by atoms with Gasteiger partial charge in [-0.25, -0.2) is 0 Å². The highest BCUT2D eigenvalue weighted by Crippen LogP contribution is 2.46. The molecule has 0 aliphatic carbocycles. The fraction of sp³-hybridized carbons (Fsp3) is 0.654. The molecular weight excluding hydrogens is 424 g/mol. The Labute approximate surface area is 196 Å². The molecule has 3 aliphatic heterocycles. The zero-order valence-corrected chi connectivity index (χ0v) is 19.6. The topological polar surface area (TPSA) is 72.5 Å². The molecule has 3 heterocycles. The van der Waals surface area contributed by atoms with Crippen molar-refractivity contribution >= 4 is 5.97 Å². The normalized spacial score (nSPS) is 35.5. The molecule has 7 atom stereocenters. The summed E-state index contributed by atoms with van der Waals surface area (Å²) in [6.07, 6.45) is 5.58. The molecule has 33 heavy (non-hydrogen) atoms. The number of carbonyl (C=O) groups excluding carboxylic acids is 1. The number of hydrogen-bond acceptors (Lipinski definition) is 7. The van der Waals surface area contributed by atoms with E-state index in [1.54, 1.807) is 7.11 Å². The number of carbonyl (C=O) groups is 1. The lowest BCUT2D eigenvalue weighted by Crippen LogP contribution is -2.62. The average Bonchev–Trinajstić information content (AvgIpc) is 3.15. The minimum absolute atomic E-state index is 0.127. The van der Waals surface area contributed by atoms with Crippen molar-refractivity contribution < 1.29 is 33.2 Å². The van der Waals surface area contributed by atoms with E-state index in [0.717, 1.165) is 24.8 Å². The van der Waals surface area contributed by atoms with Gasteiger partial charge in [0.1, 0.15) is 18.3 Å². The highest BCUT2D eigenvalue weighted by atomic mass is 16.7. The van der Waals surface area contributed by atoms with Crippen LogP contribution in [-0.4, -0.2) is 62.1 Å². The van der Waals surface area contributed by atoms with Gasteiger partial charge in [0.25, 0.3) is 0 Å². The van der Waals surface area contributed by atoms with Crippen molar-refractivity contribution in [3.63, 3.8) is 0 Å². The quantitative estimate of drug-likeness (QED) is 0.298. The molecule has 0 spiro atoms. The van der Waals surface area contributed by atoms with E-state index in [-0.39, 0.29) is 42.6 Å². The van der Waals surface area contributed by atoms with E-state index in [1.165, 1.54) is 6.92 Å². The number of ether oxygens (including phenoxy) is 6. The summed E-state index contributed by atoms with van der Waals surface area (Å²) in [6.45, 7) is 6.11. The van der Waals surface area contributed by atoms with Gasteiger partial charge in [-0.05, 0) is 31.2 Å². The van der Waals surface area contributed by atoms with Gasteiger partial charge in [-0.3, -0.25) is 4.79 Å². The lowest BCUT2D eigenvalue weighted by molar-refractivity contribution is -0.361. The Morgan fingerprint density at radius 1 is 1.27 bits per heavy atom. The van der Waals surface area contributed by atoms with E-state index >= 15 is 0 Å². The number of rotatable bonds is 10. The number of hydrogen-bond donors (Lipinski definition) is 0. The molecule has 182 valence electrons. The first kappa shape index (κ1) is 24.4. The van der Waals surface area contributed by atoms with Crippen LogP contribution in [0.1, 0.15) is 51.0 Å². The molecule has 0 bridgehead atoms. The van der Waals surface area contributed by atoms with Crippen molar-refractivity contribution in [2.24, 2.45) is 0 Å². The van der Waals surface area contributed by atoms with Crippen molar-refractivity contribution in [1.29, 1.82) is 0 Å². The predicted octanol–water partition coefficient (Wildman–Crippen LogP) is 3.94. The highest BCUT2D eigenvalue weighted by molar-refractivity contribution is 5.65. The maximum Gasteiger partial charge on any atom is 0.302 e. The third-order valence-corrected chi connectivity index (χ3v) is 6.85. The molecule has 7 unspecified atom stereocenters. The van der Waals surface area contributed by atoms with Crippen molar-refractivity contribution in [2.75, 3.05) is 13.7 Å². The molecule has 3 aliphatic rings. The molecule has 7 nitrogen and oxygen atoms in total. The Morgan fingerprint density at radius 3 is 2.82 bits per heavy atom. The summed E-state index contributed by atoms with van der Waals surface area (Å²) in [6, 6.07) is 10.1. The fourth-order valence-electron chi connectivity index (χ4n) is 5.22. The summed E-state index contributed by atoms with van der Waals surface area (Å²) in [5.74, 6) is -1.06. The number of benzene rings is 1. The molecule has 1 aromatic rings. The number of methoxy groups -OCH3 is 1. The molecule has 0 aromatic heterocycles. The van der Waals surface area contributed by atoms with Crippen LogP contribution in [0.4, 0.5) is 0 Å². The molecule has 0 saturated carbocycles. The predicted molar refractivity (Wildman–Crippen MR) is 121 cm³/mol. The van der Waals surface area contributed by atoms with Gasteiger partial charge < -0.3 is 28.4 Å². The Hall–Kier alpha value is -1.77. The van der Waals surface area contributed by atoms with E-state index in [9.17, 15) is 4.79 Å². The maximum atomic E-state index is 11.1. The van der Waals surface area contributed by atoms with Gasteiger partial charge in [-0.1, -0.05) is 36.4 Å². The van der Waals surface area contributed by atoms with Crippen molar-refractivity contribution in [3.8, 4) is 0 Å². The highest BCUT2D eigenvalue weighted by Gasteiger charge is 2.59. The Morgan fingerprint density at radius 2 is 2.09 bits per heavy atom. The minimum atomic E-state index is -0.789. The minimum Gasteiger partial charge on any atom is -0.466 e. The third-order valence-electron chi connectivity index (χ3n) is 6.85. The summed E-state index contributed by atoms with van der Waals surface area (Å²) in [5, 5.41) is 0. The zero-order chi connectivity index (χ0) is 23.3. The van der Waals surface area contributed by atoms with Gasteiger partial charge in [0.05, 0.1) is 31.5 Å². The zero-order valence-electron chi connectivity index (χ0n) is 19.6. The summed E-state index contributed by atoms with van der Waals surface area (Å²) < 4.78 is 36.9. The number of esters is 1. The Kier molecular flexibility index (Phi) is 8.20. The Balaban J connectivity index is 1.47. The Bertz CT molecular complexity index is 784. The van der Waals surface area contributed by atoms with Gasteiger partial charge in [0.15, 0.2) is 5.79 Å². The van der Waals surface area contributed by atoms with E-state index in [0.29, 0.717) is 32.5 Å². The number of fused-ring (bicyclic) bond motifs is 2. The molecule has 4 rings (SSSR count). The summed E-state index contributed by atoms with van der Waals surface area (Å²) in [5.41, 5.74) is 1.10. The van der Waals surface area contributed by atoms with Gasteiger partial charge in [0, 0.05) is 26.9 Å². The molecule has 7 heteroatoms. The van der Waals surface area contributed by atoms with E-state index in [2.05, 4.69) is 6.58 Å². The molecule has 3 saturated heterocycles. The first-order chi connectivity index (χ1) is 16.0. The van der Waals surface area contributed by atoms with Crippen molar-refractivity contribution in [1.82, 2.24) is 0 Å². The van der Waals surface area contributed by atoms with Crippen LogP contribution in [0, 0.1) is 0 Å². The third kappa shape index (κ3) is 5.66. The monoisotopic (exact) mass is 460 g/mol. The van der Waals surface area contributed by atoms with Crippen LogP contribution in [0.3, 0.4) is 0 Å². The van der Waals surface area contributed by atoms with Gasteiger partial charge >= 0.3 is 5.97 Å². The van der Waals surface area contributed by atoms with Crippen LogP contribution in [0.2, 0.25) is 0 Å². The van der Waals surface area contributed by atoms with Crippen molar-refractivity contribution in [3.05, 3.63) is 48.6 Å². The van der Waals surface area contributed by atoms with Gasteiger partial charge in [-0.2, -0.15) is 0 Å². The van der Waals surface area contributed by atoms with Crippen LogP contribution < -0.4 is 0 Å². The van der Waals surface area contributed by atoms with Gasteiger partial charge in [-0.15, -0.1) is 6.58 Å².